The number of benzene rings is 2. The average Bonchev–Trinajstić information content (AvgIpc) is 2.82. The standard InChI is InChI=1S/C29H33NO4/c1-6-34-20-9-7-18(8-10-20)22-14-23-21-15-27(33-5)26(32-4)13-19(21)11-12-30(23)24-16-29(2,3)17-25(31)28(22)24/h7-10,13-15,22H,6,11-12,16-17H2,1-5H3/t22-/m0/s1. The fraction of sp³-hybridized carbons (Fsp3) is 0.414. The van der Waals surface area contributed by atoms with E-state index < -0.39 is 0 Å². The summed E-state index contributed by atoms with van der Waals surface area (Å²) in [6.45, 7) is 7.87. The number of carbonyl (C=O) groups excluding carboxylic acids is 1. The summed E-state index contributed by atoms with van der Waals surface area (Å²) in [7, 11) is 3.35. The van der Waals surface area contributed by atoms with Crippen molar-refractivity contribution in [2.24, 2.45) is 5.41 Å². The maximum absolute atomic E-state index is 13.5. The number of rotatable bonds is 5. The zero-order valence-electron chi connectivity index (χ0n) is 20.7. The van der Waals surface area contributed by atoms with Crippen LogP contribution >= 0.6 is 0 Å². The Morgan fingerprint density at radius 2 is 1.74 bits per heavy atom. The molecule has 1 atom stereocenters. The molecule has 0 saturated carbocycles. The third-order valence-corrected chi connectivity index (χ3v) is 7.19. The third-order valence-electron chi connectivity index (χ3n) is 7.19. The van der Waals surface area contributed by atoms with E-state index in [9.17, 15) is 4.79 Å². The molecular weight excluding hydrogens is 426 g/mol. The van der Waals surface area contributed by atoms with Crippen LogP contribution < -0.4 is 14.2 Å². The summed E-state index contributed by atoms with van der Waals surface area (Å²) in [6, 6.07) is 12.4. The van der Waals surface area contributed by atoms with Crippen LogP contribution in [0, 0.1) is 5.41 Å². The molecule has 2 heterocycles. The second-order valence-corrected chi connectivity index (χ2v) is 10.1. The highest BCUT2D eigenvalue weighted by Gasteiger charge is 2.42. The Balaban J connectivity index is 1.67. The first-order valence-electron chi connectivity index (χ1n) is 12.1. The predicted octanol–water partition coefficient (Wildman–Crippen LogP) is 5.74. The quantitative estimate of drug-likeness (QED) is 0.570. The minimum atomic E-state index is -0.0837. The lowest BCUT2D eigenvalue weighted by atomic mass is 9.69. The van der Waals surface area contributed by atoms with Crippen molar-refractivity contribution in [3.63, 3.8) is 0 Å². The lowest BCUT2D eigenvalue weighted by molar-refractivity contribution is -0.118. The number of nitrogens with zero attached hydrogens (tertiary/aromatic N) is 1. The van der Waals surface area contributed by atoms with Crippen molar-refractivity contribution in [3.8, 4) is 17.2 Å². The number of methoxy groups -OCH3 is 2. The molecular formula is C29H33NO4. The second kappa shape index (κ2) is 8.53. The zero-order chi connectivity index (χ0) is 24.0. The molecule has 0 N–H and O–H groups in total. The van der Waals surface area contributed by atoms with Gasteiger partial charge in [-0.25, -0.2) is 0 Å². The van der Waals surface area contributed by atoms with Crippen LogP contribution in [0.4, 0.5) is 0 Å². The van der Waals surface area contributed by atoms with E-state index in [4.69, 9.17) is 14.2 Å². The first-order valence-corrected chi connectivity index (χ1v) is 12.1. The number of hydrogen-bond acceptors (Lipinski definition) is 5. The largest absolute Gasteiger partial charge is 0.494 e. The summed E-state index contributed by atoms with van der Waals surface area (Å²) in [5.74, 6) is 2.50. The number of Topliss-reactive ketones (excluding diaryl/α,β-unsaturated/α-hetero) is 1. The van der Waals surface area contributed by atoms with Gasteiger partial charge in [0.15, 0.2) is 17.3 Å². The van der Waals surface area contributed by atoms with E-state index in [2.05, 4.69) is 49.1 Å². The van der Waals surface area contributed by atoms with Gasteiger partial charge < -0.3 is 19.1 Å². The summed E-state index contributed by atoms with van der Waals surface area (Å²) >= 11 is 0. The van der Waals surface area contributed by atoms with E-state index >= 15 is 0 Å². The van der Waals surface area contributed by atoms with Crippen molar-refractivity contribution < 1.29 is 19.0 Å². The van der Waals surface area contributed by atoms with Crippen LogP contribution in [0.2, 0.25) is 0 Å². The molecule has 3 aliphatic rings. The highest BCUT2D eigenvalue weighted by Crippen LogP contribution is 2.51. The Hall–Kier alpha value is -3.21. The molecule has 0 aromatic heterocycles. The Bertz CT molecular complexity index is 1190. The normalized spacial score (nSPS) is 20.7. The maximum Gasteiger partial charge on any atom is 0.162 e. The van der Waals surface area contributed by atoms with Crippen LogP contribution in [0.25, 0.3) is 5.70 Å². The molecule has 0 unspecified atom stereocenters. The van der Waals surface area contributed by atoms with Gasteiger partial charge in [0, 0.05) is 41.4 Å². The predicted molar refractivity (Wildman–Crippen MR) is 133 cm³/mol. The van der Waals surface area contributed by atoms with E-state index in [1.54, 1.807) is 14.2 Å². The molecule has 0 fully saturated rings. The van der Waals surface area contributed by atoms with Crippen molar-refractivity contribution in [2.45, 2.75) is 46.0 Å². The monoisotopic (exact) mass is 459 g/mol. The third kappa shape index (κ3) is 3.77. The Labute approximate surface area is 202 Å². The maximum atomic E-state index is 13.5. The first kappa shape index (κ1) is 22.6. The number of ketones is 1. The fourth-order valence-electron chi connectivity index (χ4n) is 5.66. The van der Waals surface area contributed by atoms with Crippen LogP contribution in [0.15, 0.2) is 53.7 Å². The van der Waals surface area contributed by atoms with E-state index in [1.165, 1.54) is 11.3 Å². The molecule has 0 bridgehead atoms. The number of carbonyl (C=O) groups is 1. The minimum Gasteiger partial charge on any atom is -0.494 e. The number of hydrogen-bond donors (Lipinski definition) is 0. The van der Waals surface area contributed by atoms with Crippen LogP contribution in [0.5, 0.6) is 17.2 Å². The van der Waals surface area contributed by atoms with Crippen LogP contribution in [-0.4, -0.2) is 38.1 Å². The molecule has 5 heteroatoms. The van der Waals surface area contributed by atoms with Gasteiger partial charge in [0.25, 0.3) is 0 Å². The molecule has 1 aliphatic carbocycles. The van der Waals surface area contributed by atoms with Gasteiger partial charge in [0.2, 0.25) is 0 Å². The van der Waals surface area contributed by atoms with Crippen molar-refractivity contribution in [2.75, 3.05) is 27.4 Å². The molecule has 0 radical (unpaired) electrons. The molecule has 2 aliphatic heterocycles. The highest BCUT2D eigenvalue weighted by molar-refractivity contribution is 6.01. The summed E-state index contributed by atoms with van der Waals surface area (Å²) in [5, 5.41) is 0. The molecule has 0 saturated heterocycles. The molecule has 0 amide bonds. The fourth-order valence-corrected chi connectivity index (χ4v) is 5.66. The second-order valence-electron chi connectivity index (χ2n) is 10.1. The molecule has 34 heavy (non-hydrogen) atoms. The average molecular weight is 460 g/mol. The van der Waals surface area contributed by atoms with Crippen LogP contribution in [0.1, 0.15) is 56.2 Å². The SMILES string of the molecule is CCOc1ccc([C@@H]2C=C3c4cc(OC)c(OC)cc4CCN3C3=C2C(=O)CC(C)(C)C3)cc1. The number of ether oxygens (including phenoxy) is 3. The molecule has 2 aromatic carbocycles. The van der Waals surface area contributed by atoms with Gasteiger partial charge in [0.05, 0.1) is 20.8 Å². The van der Waals surface area contributed by atoms with Gasteiger partial charge in [-0.2, -0.15) is 0 Å². The van der Waals surface area contributed by atoms with Gasteiger partial charge in [-0.3, -0.25) is 4.79 Å². The Kier molecular flexibility index (Phi) is 5.67. The van der Waals surface area contributed by atoms with Crippen molar-refractivity contribution in [1.82, 2.24) is 4.90 Å². The van der Waals surface area contributed by atoms with Crippen LogP contribution in [0.3, 0.4) is 0 Å². The lowest BCUT2D eigenvalue weighted by Gasteiger charge is -2.46. The first-order chi connectivity index (χ1) is 16.3. The Morgan fingerprint density at radius 3 is 2.41 bits per heavy atom. The van der Waals surface area contributed by atoms with E-state index in [0.717, 1.165) is 59.0 Å². The lowest BCUT2D eigenvalue weighted by Crippen LogP contribution is -2.40. The van der Waals surface area contributed by atoms with Crippen molar-refractivity contribution in [3.05, 3.63) is 70.4 Å². The number of fused-ring (bicyclic) bond motifs is 4. The van der Waals surface area contributed by atoms with Gasteiger partial charge in [-0.15, -0.1) is 0 Å². The minimum absolute atomic E-state index is 0.0559. The van der Waals surface area contributed by atoms with Crippen molar-refractivity contribution in [1.29, 1.82) is 0 Å². The van der Waals surface area contributed by atoms with Gasteiger partial charge in [-0.1, -0.05) is 26.0 Å². The molecule has 0 spiro atoms. The molecule has 5 rings (SSSR count). The Morgan fingerprint density at radius 1 is 1.03 bits per heavy atom. The summed E-state index contributed by atoms with van der Waals surface area (Å²) < 4.78 is 16.9. The smallest absolute Gasteiger partial charge is 0.162 e. The summed E-state index contributed by atoms with van der Waals surface area (Å²) in [5.41, 5.74) is 6.75. The summed E-state index contributed by atoms with van der Waals surface area (Å²) in [4.78, 5) is 15.9. The molecule has 178 valence electrons. The van der Waals surface area contributed by atoms with E-state index in [-0.39, 0.29) is 17.1 Å². The zero-order valence-corrected chi connectivity index (χ0v) is 20.7. The van der Waals surface area contributed by atoms with Crippen LogP contribution in [-0.2, 0) is 11.2 Å². The van der Waals surface area contributed by atoms with E-state index in [1.807, 2.05) is 19.1 Å². The topological polar surface area (TPSA) is 48.0 Å². The van der Waals surface area contributed by atoms with E-state index in [0.29, 0.717) is 13.0 Å². The van der Waals surface area contributed by atoms with Gasteiger partial charge in [-0.05, 0) is 66.6 Å². The molecule has 5 nitrogen and oxygen atoms in total. The van der Waals surface area contributed by atoms with Gasteiger partial charge >= 0.3 is 0 Å². The summed E-state index contributed by atoms with van der Waals surface area (Å²) in [6.07, 6.45) is 4.64. The highest BCUT2D eigenvalue weighted by atomic mass is 16.5. The van der Waals surface area contributed by atoms with Gasteiger partial charge in [0.1, 0.15) is 5.75 Å². The molecule has 2 aromatic rings. The van der Waals surface area contributed by atoms with Crippen molar-refractivity contribution >= 4 is 11.5 Å². The number of allylic oxidation sites excluding steroid dienone is 3.